The van der Waals surface area contributed by atoms with Crippen molar-refractivity contribution < 1.29 is 5.11 Å². The van der Waals surface area contributed by atoms with Gasteiger partial charge in [0, 0.05) is 35.4 Å². The van der Waals surface area contributed by atoms with E-state index in [2.05, 4.69) is 9.97 Å². The van der Waals surface area contributed by atoms with Crippen LogP contribution in [0.3, 0.4) is 0 Å². The quantitative estimate of drug-likeness (QED) is 0.804. The zero-order valence-corrected chi connectivity index (χ0v) is 8.46. The van der Waals surface area contributed by atoms with E-state index >= 15 is 0 Å². The standard InChI is InChI=1S/C12H12N2O/c1-9-11(5-3-7-14-9)12(15)10-4-2-6-13-8-10/h2-8,12,15H,1H3. The number of nitrogens with zero attached hydrogens (tertiary/aromatic N) is 2. The van der Waals surface area contributed by atoms with E-state index in [1.54, 1.807) is 18.6 Å². The lowest BCUT2D eigenvalue weighted by Gasteiger charge is -2.12. The Morgan fingerprint density at radius 3 is 2.67 bits per heavy atom. The lowest BCUT2D eigenvalue weighted by molar-refractivity contribution is 0.218. The predicted molar refractivity (Wildman–Crippen MR) is 57.3 cm³/mol. The lowest BCUT2D eigenvalue weighted by Crippen LogP contribution is -2.03. The summed E-state index contributed by atoms with van der Waals surface area (Å²) in [5.74, 6) is 0. The second kappa shape index (κ2) is 4.19. The van der Waals surface area contributed by atoms with Crippen molar-refractivity contribution in [3.05, 3.63) is 59.7 Å². The van der Waals surface area contributed by atoms with Gasteiger partial charge in [-0.1, -0.05) is 12.1 Å². The Morgan fingerprint density at radius 1 is 1.20 bits per heavy atom. The number of aromatic nitrogens is 2. The topological polar surface area (TPSA) is 46.0 Å². The second-order valence-electron chi connectivity index (χ2n) is 3.37. The Bertz CT molecular complexity index is 442. The van der Waals surface area contributed by atoms with E-state index in [1.807, 2.05) is 31.2 Å². The Kier molecular flexibility index (Phi) is 2.74. The first-order valence-corrected chi connectivity index (χ1v) is 4.78. The highest BCUT2D eigenvalue weighted by atomic mass is 16.3. The molecule has 2 aromatic rings. The van der Waals surface area contributed by atoms with Crippen LogP contribution in [0.15, 0.2) is 42.9 Å². The summed E-state index contributed by atoms with van der Waals surface area (Å²) in [7, 11) is 0. The first-order chi connectivity index (χ1) is 7.29. The van der Waals surface area contributed by atoms with Crippen molar-refractivity contribution in [1.82, 2.24) is 9.97 Å². The highest BCUT2D eigenvalue weighted by molar-refractivity contribution is 5.29. The Morgan fingerprint density at radius 2 is 2.00 bits per heavy atom. The first-order valence-electron chi connectivity index (χ1n) is 4.78. The minimum Gasteiger partial charge on any atom is -0.384 e. The van der Waals surface area contributed by atoms with E-state index in [1.165, 1.54) is 0 Å². The van der Waals surface area contributed by atoms with Crippen LogP contribution in [0.4, 0.5) is 0 Å². The molecule has 3 heteroatoms. The van der Waals surface area contributed by atoms with Crippen LogP contribution in [0, 0.1) is 6.92 Å². The van der Waals surface area contributed by atoms with Crippen LogP contribution in [0.2, 0.25) is 0 Å². The Hall–Kier alpha value is -1.74. The van der Waals surface area contributed by atoms with Crippen LogP contribution in [0.25, 0.3) is 0 Å². The van der Waals surface area contributed by atoms with Gasteiger partial charge in [-0.3, -0.25) is 9.97 Å². The predicted octanol–water partition coefficient (Wildman–Crippen LogP) is 1.87. The third kappa shape index (κ3) is 2.02. The van der Waals surface area contributed by atoms with Crippen molar-refractivity contribution >= 4 is 0 Å². The molecule has 0 bridgehead atoms. The molecule has 0 aliphatic carbocycles. The molecule has 0 fully saturated rings. The number of aliphatic hydroxyl groups excluding tert-OH is 1. The number of rotatable bonds is 2. The van der Waals surface area contributed by atoms with Gasteiger partial charge in [0.1, 0.15) is 6.10 Å². The second-order valence-corrected chi connectivity index (χ2v) is 3.37. The minimum atomic E-state index is -0.646. The van der Waals surface area contributed by atoms with E-state index < -0.39 is 6.10 Å². The number of aliphatic hydroxyl groups is 1. The molecule has 0 aliphatic heterocycles. The van der Waals surface area contributed by atoms with Crippen molar-refractivity contribution in [2.24, 2.45) is 0 Å². The normalized spacial score (nSPS) is 12.4. The average Bonchev–Trinajstić information content (AvgIpc) is 2.30. The molecule has 1 N–H and O–H groups in total. The van der Waals surface area contributed by atoms with Crippen LogP contribution in [0.5, 0.6) is 0 Å². The first kappa shape index (κ1) is 9.80. The van der Waals surface area contributed by atoms with Crippen LogP contribution >= 0.6 is 0 Å². The molecule has 2 aromatic heterocycles. The SMILES string of the molecule is Cc1ncccc1C(O)c1cccnc1. The van der Waals surface area contributed by atoms with Crippen LogP contribution < -0.4 is 0 Å². The maximum atomic E-state index is 10.1. The van der Waals surface area contributed by atoms with Crippen molar-refractivity contribution in [2.45, 2.75) is 13.0 Å². The van der Waals surface area contributed by atoms with Gasteiger partial charge >= 0.3 is 0 Å². The van der Waals surface area contributed by atoms with Gasteiger partial charge in [0.2, 0.25) is 0 Å². The van der Waals surface area contributed by atoms with Gasteiger partial charge in [-0.15, -0.1) is 0 Å². The molecule has 0 spiro atoms. The van der Waals surface area contributed by atoms with Gasteiger partial charge in [0.05, 0.1) is 0 Å². The molecule has 0 amide bonds. The summed E-state index contributed by atoms with van der Waals surface area (Å²) in [6.07, 6.45) is 4.42. The van der Waals surface area contributed by atoms with Gasteiger partial charge in [0.25, 0.3) is 0 Å². The highest BCUT2D eigenvalue weighted by Crippen LogP contribution is 2.22. The average molecular weight is 200 g/mol. The Labute approximate surface area is 88.5 Å². The van der Waals surface area contributed by atoms with Gasteiger partial charge in [-0.2, -0.15) is 0 Å². The molecule has 0 radical (unpaired) electrons. The van der Waals surface area contributed by atoms with Gasteiger partial charge in [-0.05, 0) is 19.1 Å². The zero-order chi connectivity index (χ0) is 10.7. The summed E-state index contributed by atoms with van der Waals surface area (Å²) in [5, 5.41) is 10.1. The maximum absolute atomic E-state index is 10.1. The summed E-state index contributed by atoms with van der Waals surface area (Å²) in [6, 6.07) is 7.36. The molecule has 0 saturated heterocycles. The molecule has 0 saturated carbocycles. The molecule has 0 aliphatic rings. The smallest absolute Gasteiger partial charge is 0.107 e. The Balaban J connectivity index is 2.37. The van der Waals surface area contributed by atoms with Gasteiger partial charge < -0.3 is 5.11 Å². The highest BCUT2D eigenvalue weighted by Gasteiger charge is 2.12. The van der Waals surface area contributed by atoms with Crippen LogP contribution in [0.1, 0.15) is 22.9 Å². The van der Waals surface area contributed by atoms with E-state index in [4.69, 9.17) is 0 Å². The molecule has 2 rings (SSSR count). The van der Waals surface area contributed by atoms with E-state index in [9.17, 15) is 5.11 Å². The molecular formula is C12H12N2O. The molecular weight excluding hydrogens is 188 g/mol. The molecule has 15 heavy (non-hydrogen) atoms. The van der Waals surface area contributed by atoms with Crippen molar-refractivity contribution in [2.75, 3.05) is 0 Å². The molecule has 1 atom stereocenters. The van der Waals surface area contributed by atoms with E-state index in [0.29, 0.717) is 0 Å². The summed E-state index contributed by atoms with van der Waals surface area (Å²) >= 11 is 0. The fraction of sp³-hybridized carbons (Fsp3) is 0.167. The van der Waals surface area contributed by atoms with Crippen molar-refractivity contribution in [1.29, 1.82) is 0 Å². The van der Waals surface area contributed by atoms with Crippen molar-refractivity contribution in [3.8, 4) is 0 Å². The number of hydrogen-bond acceptors (Lipinski definition) is 3. The summed E-state index contributed by atoms with van der Waals surface area (Å²) in [6.45, 7) is 1.88. The molecule has 76 valence electrons. The third-order valence-corrected chi connectivity index (χ3v) is 2.34. The molecule has 3 nitrogen and oxygen atoms in total. The molecule has 0 aromatic carbocycles. The van der Waals surface area contributed by atoms with Gasteiger partial charge in [-0.25, -0.2) is 0 Å². The minimum absolute atomic E-state index is 0.646. The van der Waals surface area contributed by atoms with Crippen LogP contribution in [-0.2, 0) is 0 Å². The molecule has 1 unspecified atom stereocenters. The number of aryl methyl sites for hydroxylation is 1. The lowest BCUT2D eigenvalue weighted by atomic mass is 10.0. The largest absolute Gasteiger partial charge is 0.384 e. The number of hydrogen-bond donors (Lipinski definition) is 1. The fourth-order valence-corrected chi connectivity index (χ4v) is 1.50. The monoisotopic (exact) mass is 200 g/mol. The fourth-order valence-electron chi connectivity index (χ4n) is 1.50. The third-order valence-electron chi connectivity index (χ3n) is 2.34. The van der Waals surface area contributed by atoms with Crippen LogP contribution in [-0.4, -0.2) is 15.1 Å². The summed E-state index contributed by atoms with van der Waals surface area (Å²) in [5.41, 5.74) is 2.45. The number of pyridine rings is 2. The summed E-state index contributed by atoms with van der Waals surface area (Å²) in [4.78, 5) is 8.13. The zero-order valence-electron chi connectivity index (χ0n) is 8.46. The van der Waals surface area contributed by atoms with E-state index in [0.717, 1.165) is 16.8 Å². The van der Waals surface area contributed by atoms with E-state index in [-0.39, 0.29) is 0 Å². The van der Waals surface area contributed by atoms with Crippen molar-refractivity contribution in [3.63, 3.8) is 0 Å². The molecule has 2 heterocycles. The summed E-state index contributed by atoms with van der Waals surface area (Å²) < 4.78 is 0. The van der Waals surface area contributed by atoms with Gasteiger partial charge in [0.15, 0.2) is 0 Å². The maximum Gasteiger partial charge on any atom is 0.107 e.